The minimum absolute atomic E-state index is 0. The molecule has 0 aliphatic heterocycles. The molecule has 0 saturated carbocycles. The maximum Gasteiger partial charge on any atom is 1.00 e. The van der Waals surface area contributed by atoms with Crippen LogP contribution in [0.5, 0.6) is 0 Å². The number of rotatable bonds is 10. The SMILES string of the molecule is CCC(C)CC(c1[c-]cccc1)c1cccc(C(CC(C)CC)c2[c-]cccc2)c1.[Li+].[Li+]. The van der Waals surface area contributed by atoms with Gasteiger partial charge in [0.25, 0.3) is 0 Å². The fourth-order valence-corrected chi connectivity index (χ4v) is 4.26. The minimum atomic E-state index is 0. The summed E-state index contributed by atoms with van der Waals surface area (Å²) in [6.45, 7) is 9.31. The van der Waals surface area contributed by atoms with E-state index in [4.69, 9.17) is 0 Å². The Labute approximate surface area is 221 Å². The van der Waals surface area contributed by atoms with Crippen molar-refractivity contribution in [2.24, 2.45) is 11.8 Å². The predicted molar refractivity (Wildman–Crippen MR) is 129 cm³/mol. The molecule has 158 valence electrons. The standard InChI is InChI=1S/C30H36.2Li/c1-5-23(3)20-29(25-14-9-7-10-15-25)27-18-13-19-28(22-27)30(21-24(4)6-2)26-16-11-8-12-17-26;;/h7-14,16,18-19,22-24,29-30H,5-6,20-21H2,1-4H3;;/q-2;2*+1. The van der Waals surface area contributed by atoms with Crippen molar-refractivity contribution in [3.05, 3.63) is 107 Å². The molecule has 0 heterocycles. The second-order valence-corrected chi connectivity index (χ2v) is 8.91. The molecular weight excluding hydrogens is 374 g/mol. The molecular formula is C30H36Li2. The van der Waals surface area contributed by atoms with Gasteiger partial charge in [-0.3, -0.25) is 0 Å². The monoisotopic (exact) mass is 410 g/mol. The average Bonchev–Trinajstić information content (AvgIpc) is 2.81. The summed E-state index contributed by atoms with van der Waals surface area (Å²) < 4.78 is 0. The molecule has 2 heteroatoms. The van der Waals surface area contributed by atoms with Crippen LogP contribution in [0.3, 0.4) is 0 Å². The van der Waals surface area contributed by atoms with E-state index < -0.39 is 0 Å². The second-order valence-electron chi connectivity index (χ2n) is 8.91. The van der Waals surface area contributed by atoms with Gasteiger partial charge in [0.05, 0.1) is 0 Å². The van der Waals surface area contributed by atoms with Crippen LogP contribution in [0.1, 0.15) is 87.5 Å². The van der Waals surface area contributed by atoms with Crippen LogP contribution in [-0.4, -0.2) is 0 Å². The van der Waals surface area contributed by atoms with Gasteiger partial charge in [0.1, 0.15) is 0 Å². The maximum atomic E-state index is 3.51. The Morgan fingerprint density at radius 2 is 1.06 bits per heavy atom. The molecule has 0 fully saturated rings. The molecule has 4 atom stereocenters. The van der Waals surface area contributed by atoms with Gasteiger partial charge in [0.15, 0.2) is 0 Å². The summed E-state index contributed by atoms with van der Waals surface area (Å²) in [6, 6.07) is 33.3. The Bertz CT molecular complexity index is 805. The van der Waals surface area contributed by atoms with Gasteiger partial charge < -0.3 is 0 Å². The first-order chi connectivity index (χ1) is 14.6. The number of benzene rings is 3. The van der Waals surface area contributed by atoms with Crippen LogP contribution in [0.4, 0.5) is 0 Å². The Kier molecular flexibility index (Phi) is 13.4. The topological polar surface area (TPSA) is 0 Å². The zero-order valence-electron chi connectivity index (χ0n) is 21.1. The molecule has 0 amide bonds. The van der Waals surface area contributed by atoms with E-state index in [1.807, 2.05) is 12.1 Å². The summed E-state index contributed by atoms with van der Waals surface area (Å²) in [5, 5.41) is 0. The predicted octanol–water partition coefficient (Wildman–Crippen LogP) is 2.43. The molecule has 0 spiro atoms. The van der Waals surface area contributed by atoms with Crippen molar-refractivity contribution in [3.63, 3.8) is 0 Å². The van der Waals surface area contributed by atoms with Gasteiger partial charge in [0.2, 0.25) is 0 Å². The largest absolute Gasteiger partial charge is 1.00 e. The smallest absolute Gasteiger partial charge is 0.180 e. The summed E-state index contributed by atoms with van der Waals surface area (Å²) in [5.74, 6) is 2.16. The fraction of sp³-hybridized carbons (Fsp3) is 0.400. The molecule has 4 unspecified atom stereocenters. The van der Waals surface area contributed by atoms with E-state index in [1.165, 1.54) is 35.1 Å². The summed E-state index contributed by atoms with van der Waals surface area (Å²) in [7, 11) is 0. The van der Waals surface area contributed by atoms with Crippen molar-refractivity contribution in [1.82, 2.24) is 0 Å². The Morgan fingerprint density at radius 1 is 0.625 bits per heavy atom. The normalized spacial score (nSPS) is 14.4. The molecule has 0 bridgehead atoms. The third kappa shape index (κ3) is 8.01. The van der Waals surface area contributed by atoms with Crippen molar-refractivity contribution in [1.29, 1.82) is 0 Å². The Morgan fingerprint density at radius 3 is 1.41 bits per heavy atom. The van der Waals surface area contributed by atoms with Crippen molar-refractivity contribution in [2.75, 3.05) is 0 Å². The van der Waals surface area contributed by atoms with Crippen molar-refractivity contribution >= 4 is 0 Å². The van der Waals surface area contributed by atoms with Crippen LogP contribution in [0.15, 0.2) is 72.8 Å². The van der Waals surface area contributed by atoms with Crippen LogP contribution in [0.2, 0.25) is 0 Å². The van der Waals surface area contributed by atoms with Gasteiger partial charge in [0, 0.05) is 0 Å². The molecule has 3 aromatic rings. The third-order valence-electron chi connectivity index (χ3n) is 6.60. The van der Waals surface area contributed by atoms with Gasteiger partial charge in [-0.15, -0.1) is 0 Å². The van der Waals surface area contributed by atoms with Crippen LogP contribution >= 0.6 is 0 Å². The van der Waals surface area contributed by atoms with Gasteiger partial charge in [-0.1, -0.05) is 64.8 Å². The van der Waals surface area contributed by atoms with Crippen LogP contribution < -0.4 is 37.7 Å². The van der Waals surface area contributed by atoms with Crippen molar-refractivity contribution < 1.29 is 37.7 Å². The zero-order chi connectivity index (χ0) is 21.3. The molecule has 0 N–H and O–H groups in total. The summed E-state index contributed by atoms with van der Waals surface area (Å²) in [6.07, 6.45) is 4.74. The molecule has 0 nitrogen and oxygen atoms in total. The molecule has 32 heavy (non-hydrogen) atoms. The second kappa shape index (κ2) is 14.9. The molecule has 3 rings (SSSR count). The average molecular weight is 411 g/mol. The van der Waals surface area contributed by atoms with E-state index in [2.05, 4.69) is 100 Å². The first-order valence-corrected chi connectivity index (χ1v) is 11.6. The van der Waals surface area contributed by atoms with E-state index in [1.54, 1.807) is 0 Å². The van der Waals surface area contributed by atoms with E-state index in [0.717, 1.165) is 12.8 Å². The molecule has 0 saturated heterocycles. The zero-order valence-corrected chi connectivity index (χ0v) is 21.1. The first kappa shape index (κ1) is 28.9. The number of hydrogen-bond donors (Lipinski definition) is 0. The quantitative estimate of drug-likeness (QED) is 0.356. The summed E-state index contributed by atoms with van der Waals surface area (Å²) in [4.78, 5) is 0. The molecule has 0 radical (unpaired) electrons. The van der Waals surface area contributed by atoms with E-state index in [9.17, 15) is 0 Å². The van der Waals surface area contributed by atoms with E-state index in [0.29, 0.717) is 23.7 Å². The van der Waals surface area contributed by atoms with E-state index >= 15 is 0 Å². The maximum absolute atomic E-state index is 3.51. The minimum Gasteiger partial charge on any atom is -0.180 e. The van der Waals surface area contributed by atoms with Crippen LogP contribution in [0.25, 0.3) is 0 Å². The molecule has 0 aliphatic carbocycles. The third-order valence-corrected chi connectivity index (χ3v) is 6.60. The Balaban J connectivity index is 0.00000256. The number of hydrogen-bond acceptors (Lipinski definition) is 0. The van der Waals surface area contributed by atoms with Gasteiger partial charge >= 0.3 is 37.7 Å². The van der Waals surface area contributed by atoms with Gasteiger partial charge in [-0.25, -0.2) is 0 Å². The van der Waals surface area contributed by atoms with Gasteiger partial charge in [-0.2, -0.15) is 71.8 Å². The molecule has 3 aromatic carbocycles. The fourth-order valence-electron chi connectivity index (χ4n) is 4.26. The first-order valence-electron chi connectivity index (χ1n) is 11.6. The van der Waals surface area contributed by atoms with Crippen LogP contribution in [-0.2, 0) is 0 Å². The Hall–Kier alpha value is -1.15. The van der Waals surface area contributed by atoms with Crippen LogP contribution in [0, 0.1) is 24.0 Å². The molecule has 0 aliphatic rings. The van der Waals surface area contributed by atoms with Crippen molar-refractivity contribution in [2.45, 2.75) is 65.2 Å². The van der Waals surface area contributed by atoms with Gasteiger partial charge in [-0.05, 0) is 47.6 Å². The summed E-state index contributed by atoms with van der Waals surface area (Å²) in [5.41, 5.74) is 5.44. The molecule has 0 aromatic heterocycles. The van der Waals surface area contributed by atoms with E-state index in [-0.39, 0.29) is 37.7 Å². The van der Waals surface area contributed by atoms with Crippen molar-refractivity contribution in [3.8, 4) is 0 Å². The summed E-state index contributed by atoms with van der Waals surface area (Å²) >= 11 is 0.